The normalized spacial score (nSPS) is 9.90. The van der Waals surface area contributed by atoms with Crippen molar-refractivity contribution in [1.29, 1.82) is 0 Å². The lowest BCUT2D eigenvalue weighted by Crippen LogP contribution is -2.30. The molecule has 1 amide bonds. The van der Waals surface area contributed by atoms with E-state index in [-0.39, 0.29) is 12.5 Å². The second-order valence-corrected chi connectivity index (χ2v) is 4.56. The van der Waals surface area contributed by atoms with Crippen molar-refractivity contribution in [3.05, 3.63) is 65.7 Å². The summed E-state index contributed by atoms with van der Waals surface area (Å²) in [5.41, 5.74) is 1.70. The van der Waals surface area contributed by atoms with Gasteiger partial charge in [-0.25, -0.2) is 0 Å². The van der Waals surface area contributed by atoms with Crippen LogP contribution in [0.4, 0.5) is 0 Å². The van der Waals surface area contributed by atoms with Crippen molar-refractivity contribution in [2.75, 3.05) is 13.2 Å². The van der Waals surface area contributed by atoms with Crippen LogP contribution in [-0.2, 0) is 11.2 Å². The fourth-order valence-electron chi connectivity index (χ4n) is 1.87. The van der Waals surface area contributed by atoms with Crippen molar-refractivity contribution in [2.45, 2.75) is 6.42 Å². The van der Waals surface area contributed by atoms with Crippen molar-refractivity contribution in [3.8, 4) is 5.75 Å². The molecular weight excluding hydrogens is 266 g/mol. The van der Waals surface area contributed by atoms with Gasteiger partial charge in [-0.05, 0) is 24.1 Å². The van der Waals surface area contributed by atoms with E-state index in [2.05, 4.69) is 5.32 Å². The van der Waals surface area contributed by atoms with Crippen LogP contribution in [0.2, 0.25) is 0 Å². The van der Waals surface area contributed by atoms with Gasteiger partial charge in [0, 0.05) is 12.1 Å². The summed E-state index contributed by atoms with van der Waals surface area (Å²) in [4.78, 5) is 22.3. The highest BCUT2D eigenvalue weighted by atomic mass is 16.5. The number of carbonyl (C=O) groups excluding carboxylic acids is 2. The standard InChI is InChI=1S/C17H17NO3/c19-12-15-7-4-8-16(11-15)21-13-17(20)18-10-9-14-5-2-1-3-6-14/h1-8,11-12H,9-10,13H2,(H,18,20). The van der Waals surface area contributed by atoms with E-state index in [1.807, 2.05) is 30.3 Å². The molecule has 2 aromatic carbocycles. The second-order valence-electron chi connectivity index (χ2n) is 4.56. The Kier molecular flexibility index (Phi) is 5.52. The van der Waals surface area contributed by atoms with E-state index in [1.165, 1.54) is 5.56 Å². The molecule has 0 radical (unpaired) electrons. The van der Waals surface area contributed by atoms with Crippen molar-refractivity contribution in [3.63, 3.8) is 0 Å². The van der Waals surface area contributed by atoms with E-state index in [0.29, 0.717) is 17.9 Å². The zero-order chi connectivity index (χ0) is 14.9. The van der Waals surface area contributed by atoms with Crippen molar-refractivity contribution < 1.29 is 14.3 Å². The highest BCUT2D eigenvalue weighted by Gasteiger charge is 2.03. The van der Waals surface area contributed by atoms with E-state index in [1.54, 1.807) is 24.3 Å². The molecule has 0 bridgehead atoms. The molecule has 0 atom stereocenters. The summed E-state index contributed by atoms with van der Waals surface area (Å²) in [5, 5.41) is 2.80. The number of nitrogens with one attached hydrogen (secondary N) is 1. The molecule has 4 nitrogen and oxygen atoms in total. The van der Waals surface area contributed by atoms with E-state index in [0.717, 1.165) is 12.7 Å². The minimum atomic E-state index is -0.178. The van der Waals surface area contributed by atoms with Gasteiger partial charge in [-0.2, -0.15) is 0 Å². The molecule has 0 aliphatic carbocycles. The largest absolute Gasteiger partial charge is 0.484 e. The summed E-state index contributed by atoms with van der Waals surface area (Å²) in [5.74, 6) is 0.334. The van der Waals surface area contributed by atoms with Gasteiger partial charge in [-0.3, -0.25) is 9.59 Å². The fourth-order valence-corrected chi connectivity index (χ4v) is 1.87. The summed E-state index contributed by atoms with van der Waals surface area (Å²) in [6.07, 6.45) is 1.53. The summed E-state index contributed by atoms with van der Waals surface area (Å²) in [6, 6.07) is 16.7. The molecular formula is C17H17NO3. The number of ether oxygens (including phenoxy) is 1. The quantitative estimate of drug-likeness (QED) is 0.793. The van der Waals surface area contributed by atoms with Crippen LogP contribution in [0.15, 0.2) is 54.6 Å². The number of aldehydes is 1. The van der Waals surface area contributed by atoms with Gasteiger partial charge in [0.15, 0.2) is 6.61 Å². The third kappa shape index (κ3) is 5.10. The van der Waals surface area contributed by atoms with Crippen molar-refractivity contribution in [2.24, 2.45) is 0 Å². The molecule has 108 valence electrons. The predicted molar refractivity (Wildman–Crippen MR) is 80.5 cm³/mol. The molecule has 4 heteroatoms. The van der Waals surface area contributed by atoms with Gasteiger partial charge in [-0.1, -0.05) is 42.5 Å². The third-order valence-corrected chi connectivity index (χ3v) is 2.94. The lowest BCUT2D eigenvalue weighted by Gasteiger charge is -2.08. The van der Waals surface area contributed by atoms with Gasteiger partial charge in [0.1, 0.15) is 12.0 Å². The maximum Gasteiger partial charge on any atom is 0.257 e. The molecule has 21 heavy (non-hydrogen) atoms. The topological polar surface area (TPSA) is 55.4 Å². The molecule has 1 N–H and O–H groups in total. The first-order valence-corrected chi connectivity index (χ1v) is 6.76. The molecule has 0 saturated heterocycles. The average Bonchev–Trinajstić information content (AvgIpc) is 2.54. The lowest BCUT2D eigenvalue weighted by atomic mass is 10.1. The first-order valence-electron chi connectivity index (χ1n) is 6.76. The number of carbonyl (C=O) groups is 2. The van der Waals surface area contributed by atoms with Gasteiger partial charge in [0.2, 0.25) is 0 Å². The number of benzene rings is 2. The van der Waals surface area contributed by atoms with E-state index < -0.39 is 0 Å². The summed E-state index contributed by atoms with van der Waals surface area (Å²) in [7, 11) is 0. The van der Waals surface area contributed by atoms with E-state index >= 15 is 0 Å². The zero-order valence-corrected chi connectivity index (χ0v) is 11.6. The van der Waals surface area contributed by atoms with Gasteiger partial charge in [0.05, 0.1) is 0 Å². The Balaban J connectivity index is 1.71. The van der Waals surface area contributed by atoms with Crippen LogP contribution in [0, 0.1) is 0 Å². The minimum absolute atomic E-state index is 0.0584. The summed E-state index contributed by atoms with van der Waals surface area (Å²) in [6.45, 7) is 0.512. The van der Waals surface area contributed by atoms with Crippen LogP contribution in [0.1, 0.15) is 15.9 Å². The average molecular weight is 283 g/mol. The Labute approximate surface area is 123 Å². The predicted octanol–water partition coefficient (Wildman–Crippen LogP) is 2.24. The van der Waals surface area contributed by atoms with Crippen molar-refractivity contribution in [1.82, 2.24) is 5.32 Å². The molecule has 0 unspecified atom stereocenters. The Bertz CT molecular complexity index is 596. The van der Waals surface area contributed by atoms with Gasteiger partial charge < -0.3 is 10.1 Å². The van der Waals surface area contributed by atoms with Crippen LogP contribution in [0.3, 0.4) is 0 Å². The van der Waals surface area contributed by atoms with E-state index in [9.17, 15) is 9.59 Å². The Morgan fingerprint density at radius 2 is 1.90 bits per heavy atom. The fraction of sp³-hybridized carbons (Fsp3) is 0.176. The first-order chi connectivity index (χ1) is 10.3. The Morgan fingerprint density at radius 3 is 2.67 bits per heavy atom. The minimum Gasteiger partial charge on any atom is -0.484 e. The van der Waals surface area contributed by atoms with Gasteiger partial charge >= 0.3 is 0 Å². The van der Waals surface area contributed by atoms with Crippen molar-refractivity contribution >= 4 is 12.2 Å². The molecule has 0 aliphatic heterocycles. The molecule has 2 aromatic rings. The van der Waals surface area contributed by atoms with Crippen LogP contribution in [0.25, 0.3) is 0 Å². The zero-order valence-electron chi connectivity index (χ0n) is 11.6. The summed E-state index contributed by atoms with van der Waals surface area (Å²) < 4.78 is 5.34. The second kappa shape index (κ2) is 7.85. The number of rotatable bonds is 7. The number of hydrogen-bond donors (Lipinski definition) is 1. The summed E-state index contributed by atoms with van der Waals surface area (Å²) >= 11 is 0. The molecule has 0 spiro atoms. The van der Waals surface area contributed by atoms with E-state index in [4.69, 9.17) is 4.74 Å². The first kappa shape index (κ1) is 14.8. The smallest absolute Gasteiger partial charge is 0.257 e. The van der Waals surface area contributed by atoms with Crippen LogP contribution < -0.4 is 10.1 Å². The number of hydrogen-bond acceptors (Lipinski definition) is 3. The maximum atomic E-state index is 11.7. The molecule has 0 heterocycles. The maximum absolute atomic E-state index is 11.7. The monoisotopic (exact) mass is 283 g/mol. The van der Waals surface area contributed by atoms with Crippen LogP contribution in [-0.4, -0.2) is 25.3 Å². The highest BCUT2D eigenvalue weighted by molar-refractivity contribution is 5.78. The molecule has 0 aliphatic rings. The SMILES string of the molecule is O=Cc1cccc(OCC(=O)NCCc2ccccc2)c1. The van der Waals surface area contributed by atoms with Crippen LogP contribution in [0.5, 0.6) is 5.75 Å². The lowest BCUT2D eigenvalue weighted by molar-refractivity contribution is -0.123. The molecule has 0 fully saturated rings. The third-order valence-electron chi connectivity index (χ3n) is 2.94. The Morgan fingerprint density at radius 1 is 1.10 bits per heavy atom. The highest BCUT2D eigenvalue weighted by Crippen LogP contribution is 2.11. The van der Waals surface area contributed by atoms with Crippen LogP contribution >= 0.6 is 0 Å². The molecule has 0 saturated carbocycles. The number of amides is 1. The molecule has 2 rings (SSSR count). The van der Waals surface area contributed by atoms with Gasteiger partial charge in [-0.15, -0.1) is 0 Å². The Hall–Kier alpha value is -2.62. The molecule has 0 aromatic heterocycles. The van der Waals surface area contributed by atoms with Gasteiger partial charge in [0.25, 0.3) is 5.91 Å².